The van der Waals surface area contributed by atoms with E-state index in [0.717, 1.165) is 11.1 Å². The third-order valence-corrected chi connectivity index (χ3v) is 2.93. The van der Waals surface area contributed by atoms with Gasteiger partial charge in [-0.15, -0.1) is 0 Å². The molecule has 0 amide bonds. The first kappa shape index (κ1) is 13.4. The van der Waals surface area contributed by atoms with Gasteiger partial charge in [0.2, 0.25) is 0 Å². The summed E-state index contributed by atoms with van der Waals surface area (Å²) in [5.41, 5.74) is 1.86. The molecule has 0 aliphatic heterocycles. The minimum atomic E-state index is -0.478. The molecule has 4 nitrogen and oxygen atoms in total. The molecule has 0 bridgehead atoms. The van der Waals surface area contributed by atoms with Gasteiger partial charge in [0.1, 0.15) is 17.7 Å². The number of halogens is 1. The second-order valence-electron chi connectivity index (χ2n) is 3.93. The summed E-state index contributed by atoms with van der Waals surface area (Å²) in [6.07, 6.45) is 1.34. The molecule has 0 unspecified atom stereocenters. The summed E-state index contributed by atoms with van der Waals surface area (Å²) in [6.45, 7) is 3.20. The lowest BCUT2D eigenvalue weighted by molar-refractivity contribution is -0.140. The Bertz CT molecular complexity index is 631. The first-order valence-corrected chi connectivity index (χ1v) is 6.02. The van der Waals surface area contributed by atoms with Crippen molar-refractivity contribution >= 4 is 23.8 Å². The van der Waals surface area contributed by atoms with E-state index in [1.165, 1.54) is 13.1 Å². The lowest BCUT2D eigenvalue weighted by atomic mass is 10.1. The summed E-state index contributed by atoms with van der Waals surface area (Å²) >= 11 is 6.06. The van der Waals surface area contributed by atoms with Crippen LogP contribution in [0.2, 0.25) is 5.02 Å². The van der Waals surface area contributed by atoms with Gasteiger partial charge >= 0.3 is 5.97 Å². The van der Waals surface area contributed by atoms with Gasteiger partial charge in [-0.25, -0.2) is 4.79 Å². The zero-order valence-electron chi connectivity index (χ0n) is 10.5. The van der Waals surface area contributed by atoms with E-state index in [1.807, 2.05) is 31.2 Å². The Morgan fingerprint density at radius 1 is 1.37 bits per heavy atom. The van der Waals surface area contributed by atoms with Crippen LogP contribution in [-0.4, -0.2) is 12.2 Å². The normalized spacial score (nSPS) is 10.9. The Kier molecular flexibility index (Phi) is 4.02. The molecule has 0 N–H and O–H groups in total. The maximum Gasteiger partial charge on any atom is 0.331 e. The molecule has 98 valence electrons. The van der Waals surface area contributed by atoms with E-state index in [-0.39, 0.29) is 0 Å². The van der Waals surface area contributed by atoms with Gasteiger partial charge in [0.15, 0.2) is 0 Å². The fraction of sp³-hybridized carbons (Fsp3) is 0.143. The predicted octanol–water partition coefficient (Wildman–Crippen LogP) is 3.81. The standard InChI is InChI=1S/C14H12ClNO3/c1-9-12(4-3-5-13(9)15)14-7-6-11(18-14)8-16-19-10(2)17/h3-8H,1-2H3/b16-8+. The van der Waals surface area contributed by atoms with E-state index >= 15 is 0 Å². The Labute approximate surface area is 115 Å². The molecule has 19 heavy (non-hydrogen) atoms. The molecule has 0 atom stereocenters. The SMILES string of the molecule is CC(=O)O/N=C/c1ccc(-c2cccc(Cl)c2C)o1. The summed E-state index contributed by atoms with van der Waals surface area (Å²) in [6, 6.07) is 9.16. The molecule has 0 aliphatic carbocycles. The van der Waals surface area contributed by atoms with E-state index < -0.39 is 5.97 Å². The van der Waals surface area contributed by atoms with Crippen LogP contribution in [0.15, 0.2) is 39.9 Å². The van der Waals surface area contributed by atoms with Crippen LogP contribution in [-0.2, 0) is 9.63 Å². The van der Waals surface area contributed by atoms with Gasteiger partial charge in [0.25, 0.3) is 0 Å². The highest BCUT2D eigenvalue weighted by Gasteiger charge is 2.08. The van der Waals surface area contributed by atoms with E-state index in [9.17, 15) is 4.79 Å². The summed E-state index contributed by atoms with van der Waals surface area (Å²) in [7, 11) is 0. The maximum atomic E-state index is 10.6. The average Bonchev–Trinajstić information content (AvgIpc) is 2.81. The predicted molar refractivity (Wildman–Crippen MR) is 73.3 cm³/mol. The van der Waals surface area contributed by atoms with Gasteiger partial charge in [0.05, 0.1) is 0 Å². The van der Waals surface area contributed by atoms with Gasteiger partial charge in [-0.3, -0.25) is 0 Å². The lowest BCUT2D eigenvalue weighted by Gasteiger charge is -2.03. The highest BCUT2D eigenvalue weighted by Crippen LogP contribution is 2.29. The molecule has 1 heterocycles. The molecular formula is C14H12ClNO3. The Hall–Kier alpha value is -2.07. The van der Waals surface area contributed by atoms with Crippen molar-refractivity contribution in [3.63, 3.8) is 0 Å². The van der Waals surface area contributed by atoms with Crippen LogP contribution in [0.25, 0.3) is 11.3 Å². The number of oxime groups is 1. The Morgan fingerprint density at radius 2 is 2.16 bits per heavy atom. The van der Waals surface area contributed by atoms with E-state index in [2.05, 4.69) is 9.99 Å². The molecule has 0 fully saturated rings. The molecule has 0 radical (unpaired) electrons. The minimum absolute atomic E-state index is 0.478. The minimum Gasteiger partial charge on any atom is -0.455 e. The number of rotatable bonds is 3. The van der Waals surface area contributed by atoms with Crippen LogP contribution in [0.3, 0.4) is 0 Å². The van der Waals surface area contributed by atoms with Crippen LogP contribution in [0.4, 0.5) is 0 Å². The Balaban J connectivity index is 2.23. The second kappa shape index (κ2) is 5.71. The molecule has 1 aromatic heterocycles. The van der Waals surface area contributed by atoms with Crippen LogP contribution in [0.5, 0.6) is 0 Å². The van der Waals surface area contributed by atoms with Crippen molar-refractivity contribution in [3.8, 4) is 11.3 Å². The number of hydrogen-bond acceptors (Lipinski definition) is 4. The highest BCUT2D eigenvalue weighted by molar-refractivity contribution is 6.31. The molecular weight excluding hydrogens is 266 g/mol. The Morgan fingerprint density at radius 3 is 2.89 bits per heavy atom. The zero-order valence-corrected chi connectivity index (χ0v) is 11.3. The third-order valence-electron chi connectivity index (χ3n) is 2.52. The number of furan rings is 1. The van der Waals surface area contributed by atoms with Gasteiger partial charge in [-0.2, -0.15) is 0 Å². The van der Waals surface area contributed by atoms with Crippen molar-refractivity contribution in [2.24, 2.45) is 5.16 Å². The smallest absolute Gasteiger partial charge is 0.331 e. The molecule has 0 spiro atoms. The van der Waals surface area contributed by atoms with E-state index in [1.54, 1.807) is 6.07 Å². The van der Waals surface area contributed by atoms with E-state index in [4.69, 9.17) is 16.0 Å². The van der Waals surface area contributed by atoms with Crippen molar-refractivity contribution in [1.29, 1.82) is 0 Å². The highest BCUT2D eigenvalue weighted by atomic mass is 35.5. The average molecular weight is 278 g/mol. The molecule has 2 aromatic rings. The topological polar surface area (TPSA) is 51.8 Å². The molecule has 0 saturated carbocycles. The third kappa shape index (κ3) is 3.23. The second-order valence-corrected chi connectivity index (χ2v) is 4.34. The molecule has 0 aliphatic rings. The summed E-state index contributed by atoms with van der Waals surface area (Å²) < 4.78 is 5.59. The fourth-order valence-corrected chi connectivity index (χ4v) is 1.77. The van der Waals surface area contributed by atoms with Crippen LogP contribution in [0.1, 0.15) is 18.2 Å². The summed E-state index contributed by atoms with van der Waals surface area (Å²) in [5.74, 6) is 0.702. The fourth-order valence-electron chi connectivity index (χ4n) is 1.59. The zero-order chi connectivity index (χ0) is 13.8. The van der Waals surface area contributed by atoms with Crippen molar-refractivity contribution in [3.05, 3.63) is 46.7 Å². The number of benzene rings is 1. The summed E-state index contributed by atoms with van der Waals surface area (Å²) in [5, 5.41) is 4.18. The number of carbonyl (C=O) groups excluding carboxylic acids is 1. The van der Waals surface area contributed by atoms with Gasteiger partial charge < -0.3 is 9.25 Å². The first-order chi connectivity index (χ1) is 9.08. The van der Waals surface area contributed by atoms with Crippen LogP contribution >= 0.6 is 11.6 Å². The van der Waals surface area contributed by atoms with Crippen molar-refractivity contribution in [2.75, 3.05) is 0 Å². The monoisotopic (exact) mass is 277 g/mol. The van der Waals surface area contributed by atoms with Crippen LogP contribution in [0, 0.1) is 6.92 Å². The molecule has 2 rings (SSSR count). The molecule has 0 saturated heterocycles. The quantitative estimate of drug-likeness (QED) is 0.487. The van der Waals surface area contributed by atoms with Crippen molar-refractivity contribution in [2.45, 2.75) is 13.8 Å². The molecule has 1 aromatic carbocycles. The first-order valence-electron chi connectivity index (χ1n) is 5.64. The van der Waals surface area contributed by atoms with Crippen molar-refractivity contribution < 1.29 is 14.0 Å². The number of nitrogens with zero attached hydrogens (tertiary/aromatic N) is 1. The van der Waals surface area contributed by atoms with Crippen molar-refractivity contribution in [1.82, 2.24) is 0 Å². The number of hydrogen-bond donors (Lipinski definition) is 0. The van der Waals surface area contributed by atoms with Gasteiger partial charge in [-0.1, -0.05) is 28.9 Å². The van der Waals surface area contributed by atoms with E-state index in [0.29, 0.717) is 16.5 Å². The lowest BCUT2D eigenvalue weighted by Crippen LogP contribution is -1.90. The van der Waals surface area contributed by atoms with Crippen LogP contribution < -0.4 is 0 Å². The summed E-state index contributed by atoms with van der Waals surface area (Å²) in [4.78, 5) is 15.0. The van der Waals surface area contributed by atoms with Gasteiger partial charge in [0, 0.05) is 17.5 Å². The van der Waals surface area contributed by atoms with Gasteiger partial charge in [-0.05, 0) is 30.7 Å². The maximum absolute atomic E-state index is 10.6. The largest absolute Gasteiger partial charge is 0.455 e. The number of carbonyl (C=O) groups is 1. The molecule has 5 heteroatoms.